The Kier molecular flexibility index (Phi) is 5.23. The molecular weight excluding hydrogens is 408 g/mol. The van der Waals surface area contributed by atoms with Crippen molar-refractivity contribution in [2.45, 2.75) is 119 Å². The van der Waals surface area contributed by atoms with Crippen molar-refractivity contribution in [3.05, 3.63) is 11.6 Å². The fraction of sp³-hybridized carbons (Fsp3) is 0.933. The van der Waals surface area contributed by atoms with E-state index in [1.54, 1.807) is 0 Å². The molecule has 0 amide bonds. The van der Waals surface area contributed by atoms with Crippen LogP contribution >= 0.6 is 0 Å². The van der Waals surface area contributed by atoms with Gasteiger partial charge in [-0.25, -0.2) is 0 Å². The maximum atomic E-state index is 11.8. The van der Waals surface area contributed by atoms with E-state index < -0.39 is 0 Å². The van der Waals surface area contributed by atoms with Crippen LogP contribution < -0.4 is 0 Å². The Bertz CT molecular complexity index is 845. The van der Waals surface area contributed by atoms with E-state index in [1.807, 2.05) is 0 Å². The highest BCUT2D eigenvalue weighted by molar-refractivity contribution is 5.35. The number of hydrogen-bond acceptors (Lipinski definition) is 3. The average Bonchev–Trinajstić information content (AvgIpc) is 3.00. The Morgan fingerprint density at radius 2 is 1.52 bits per heavy atom. The average molecular weight is 459 g/mol. The molecule has 3 heteroatoms. The number of aliphatic hydroxyl groups excluding tert-OH is 3. The van der Waals surface area contributed by atoms with Crippen LogP contribution in [-0.4, -0.2) is 33.6 Å². The summed E-state index contributed by atoms with van der Waals surface area (Å²) >= 11 is 0. The highest BCUT2D eigenvalue weighted by Crippen LogP contribution is 2.76. The summed E-state index contributed by atoms with van der Waals surface area (Å²) in [7, 11) is 0. The van der Waals surface area contributed by atoms with Gasteiger partial charge in [0.25, 0.3) is 0 Å². The second-order valence-corrected chi connectivity index (χ2v) is 15.0. The molecule has 4 saturated carbocycles. The van der Waals surface area contributed by atoms with E-state index >= 15 is 0 Å². The van der Waals surface area contributed by atoms with Crippen LogP contribution in [0.2, 0.25) is 0 Å². The molecule has 0 bridgehead atoms. The third-order valence-electron chi connectivity index (χ3n) is 13.2. The summed E-state index contributed by atoms with van der Waals surface area (Å²) in [4.78, 5) is 0. The van der Waals surface area contributed by atoms with Gasteiger partial charge in [-0.1, -0.05) is 67.0 Å². The van der Waals surface area contributed by atoms with E-state index in [1.165, 1.54) is 5.57 Å². The number of rotatable bonds is 1. The largest absolute Gasteiger partial charge is 0.393 e. The van der Waals surface area contributed by atoms with Crippen molar-refractivity contribution >= 4 is 0 Å². The van der Waals surface area contributed by atoms with Crippen molar-refractivity contribution < 1.29 is 15.3 Å². The lowest BCUT2D eigenvalue weighted by atomic mass is 9.35. The summed E-state index contributed by atoms with van der Waals surface area (Å²) in [6.07, 6.45) is 8.51. The second-order valence-electron chi connectivity index (χ2n) is 15.0. The van der Waals surface area contributed by atoms with Crippen LogP contribution in [0.15, 0.2) is 11.6 Å². The van der Waals surface area contributed by atoms with Gasteiger partial charge in [0.05, 0.1) is 18.3 Å². The number of fused-ring (bicyclic) bond motifs is 7. The summed E-state index contributed by atoms with van der Waals surface area (Å²) in [5.74, 6) is 1.92. The molecule has 5 aliphatic rings. The Morgan fingerprint density at radius 1 is 0.848 bits per heavy atom. The van der Waals surface area contributed by atoms with E-state index in [2.05, 4.69) is 61.5 Å². The molecule has 4 fully saturated rings. The first-order valence-corrected chi connectivity index (χ1v) is 13.9. The van der Waals surface area contributed by atoms with Crippen molar-refractivity contribution in [2.75, 3.05) is 0 Å². The molecule has 0 aromatic carbocycles. The molecule has 0 saturated heterocycles. The SMILES string of the molecule is CC(C)C1CC(O)C2[C@@]1(C)CC[C@@]1(C)C3C(=CC[C@]21C)[C@@]1(C)CCC(O)C(C)(C)C1CC3O. The van der Waals surface area contributed by atoms with Gasteiger partial charge in [-0.05, 0) is 95.7 Å². The van der Waals surface area contributed by atoms with Crippen LogP contribution in [-0.2, 0) is 0 Å². The summed E-state index contributed by atoms with van der Waals surface area (Å²) in [5, 5.41) is 34.2. The van der Waals surface area contributed by atoms with Crippen LogP contribution in [0.1, 0.15) is 100 Å². The summed E-state index contributed by atoms with van der Waals surface area (Å²) in [6.45, 7) is 19.0. The van der Waals surface area contributed by atoms with Crippen LogP contribution in [0, 0.1) is 56.7 Å². The monoisotopic (exact) mass is 458 g/mol. The van der Waals surface area contributed by atoms with Crippen LogP contribution in [0.3, 0.4) is 0 Å². The van der Waals surface area contributed by atoms with E-state index in [0.717, 1.165) is 44.9 Å². The van der Waals surface area contributed by atoms with E-state index in [9.17, 15) is 15.3 Å². The second kappa shape index (κ2) is 7.10. The minimum atomic E-state index is -0.368. The van der Waals surface area contributed by atoms with Gasteiger partial charge in [-0.3, -0.25) is 0 Å². The number of hydrogen-bond donors (Lipinski definition) is 3. The normalized spacial score (nSPS) is 57.6. The Balaban J connectivity index is 1.61. The zero-order chi connectivity index (χ0) is 24.4. The first kappa shape index (κ1) is 24.3. The van der Waals surface area contributed by atoms with Gasteiger partial charge in [0, 0.05) is 5.92 Å². The molecule has 0 heterocycles. The van der Waals surface area contributed by atoms with Gasteiger partial charge in [0.1, 0.15) is 0 Å². The molecule has 5 rings (SSSR count). The fourth-order valence-corrected chi connectivity index (χ4v) is 11.2. The third-order valence-corrected chi connectivity index (χ3v) is 13.2. The van der Waals surface area contributed by atoms with E-state index in [4.69, 9.17) is 0 Å². The van der Waals surface area contributed by atoms with Crippen LogP contribution in [0.4, 0.5) is 0 Å². The lowest BCUT2D eigenvalue weighted by Crippen LogP contribution is -2.66. The van der Waals surface area contributed by atoms with Crippen LogP contribution in [0.5, 0.6) is 0 Å². The lowest BCUT2D eigenvalue weighted by molar-refractivity contribution is -0.202. The molecule has 0 aromatic rings. The smallest absolute Gasteiger partial charge is 0.0614 e. The summed E-state index contributed by atoms with van der Waals surface area (Å²) in [6, 6.07) is 0. The highest BCUT2D eigenvalue weighted by Gasteiger charge is 2.71. The lowest BCUT2D eigenvalue weighted by Gasteiger charge is -2.70. The van der Waals surface area contributed by atoms with Crippen molar-refractivity contribution in [2.24, 2.45) is 56.7 Å². The molecule has 3 nitrogen and oxygen atoms in total. The topological polar surface area (TPSA) is 60.7 Å². The van der Waals surface area contributed by atoms with Gasteiger partial charge in [0.2, 0.25) is 0 Å². The maximum absolute atomic E-state index is 11.8. The third kappa shape index (κ3) is 2.80. The molecule has 0 aromatic heterocycles. The predicted octanol–water partition coefficient (Wildman–Crippen LogP) is 5.97. The van der Waals surface area contributed by atoms with Crippen LogP contribution in [0.25, 0.3) is 0 Å². The summed E-state index contributed by atoms with van der Waals surface area (Å²) < 4.78 is 0. The molecule has 5 aliphatic carbocycles. The summed E-state index contributed by atoms with van der Waals surface area (Å²) in [5.41, 5.74) is 1.51. The predicted molar refractivity (Wildman–Crippen MR) is 133 cm³/mol. The van der Waals surface area contributed by atoms with Gasteiger partial charge in [-0.2, -0.15) is 0 Å². The fourth-order valence-electron chi connectivity index (χ4n) is 11.2. The minimum Gasteiger partial charge on any atom is -0.393 e. The molecule has 7 unspecified atom stereocenters. The molecule has 33 heavy (non-hydrogen) atoms. The van der Waals surface area contributed by atoms with Gasteiger partial charge < -0.3 is 15.3 Å². The minimum absolute atomic E-state index is 0.00883. The molecule has 3 N–H and O–H groups in total. The maximum Gasteiger partial charge on any atom is 0.0614 e. The molecule has 0 spiro atoms. The van der Waals surface area contributed by atoms with Crippen molar-refractivity contribution in [3.63, 3.8) is 0 Å². The molecular formula is C30H50O3. The molecule has 0 radical (unpaired) electrons. The van der Waals surface area contributed by atoms with Gasteiger partial charge in [0.15, 0.2) is 0 Å². The molecule has 11 atom stereocenters. The Morgan fingerprint density at radius 3 is 2.15 bits per heavy atom. The highest BCUT2D eigenvalue weighted by atomic mass is 16.3. The zero-order valence-electron chi connectivity index (χ0n) is 22.5. The molecule has 0 aliphatic heterocycles. The van der Waals surface area contributed by atoms with Gasteiger partial charge >= 0.3 is 0 Å². The van der Waals surface area contributed by atoms with Crippen molar-refractivity contribution in [3.8, 4) is 0 Å². The van der Waals surface area contributed by atoms with Crippen molar-refractivity contribution in [1.82, 2.24) is 0 Å². The quantitative estimate of drug-likeness (QED) is 0.425. The Labute approximate surface area is 202 Å². The zero-order valence-corrected chi connectivity index (χ0v) is 22.5. The standard InChI is InChI=1S/C30H50O3/c1-17(2)19-15-21(32)25-28(19,6)13-14-29(7)24-18(9-12-30(25,29)8)27(5)11-10-23(33)26(3,4)22(27)16-20(24)31/h9,17,19-25,31-33H,10-16H2,1-8H3/t19?,20?,21?,22?,23?,24?,25?,27-,28+,29+,30-/m1/s1. The van der Waals surface area contributed by atoms with E-state index in [-0.39, 0.29) is 57.2 Å². The first-order chi connectivity index (χ1) is 15.1. The first-order valence-electron chi connectivity index (χ1n) is 13.9. The van der Waals surface area contributed by atoms with Gasteiger partial charge in [-0.15, -0.1) is 0 Å². The Hall–Kier alpha value is -0.380. The number of allylic oxidation sites excluding steroid dienone is 1. The molecule has 188 valence electrons. The number of aliphatic hydroxyl groups is 3. The van der Waals surface area contributed by atoms with E-state index in [0.29, 0.717) is 17.8 Å². The van der Waals surface area contributed by atoms with Crippen molar-refractivity contribution in [1.29, 1.82) is 0 Å².